The third-order valence-corrected chi connectivity index (χ3v) is 5.29. The summed E-state index contributed by atoms with van der Waals surface area (Å²) in [6, 6.07) is 11.1. The molecule has 1 aromatic carbocycles. The largest absolute Gasteiger partial charge is 0.347 e. The van der Waals surface area contributed by atoms with Crippen LogP contribution in [-0.4, -0.2) is 46.2 Å². The summed E-state index contributed by atoms with van der Waals surface area (Å²) in [5.41, 5.74) is 3.98. The van der Waals surface area contributed by atoms with Gasteiger partial charge in [0.25, 0.3) is 5.91 Å². The number of amides is 1. The van der Waals surface area contributed by atoms with E-state index in [2.05, 4.69) is 56.9 Å². The van der Waals surface area contributed by atoms with Crippen LogP contribution >= 0.6 is 0 Å². The Bertz CT molecular complexity index is 742. The number of likely N-dealkylation sites (tertiary alicyclic amines) is 1. The minimum Gasteiger partial charge on any atom is -0.347 e. The molecule has 6 heteroatoms. The number of aromatic amines is 1. The molecule has 2 aliphatic rings. The van der Waals surface area contributed by atoms with E-state index < -0.39 is 0 Å². The van der Waals surface area contributed by atoms with Crippen molar-refractivity contribution in [3.05, 3.63) is 52.8 Å². The van der Waals surface area contributed by atoms with E-state index in [0.29, 0.717) is 11.7 Å². The minimum absolute atomic E-state index is 0.0556. The van der Waals surface area contributed by atoms with Gasteiger partial charge in [-0.25, -0.2) is 0 Å². The first kappa shape index (κ1) is 16.3. The zero-order chi connectivity index (χ0) is 17.2. The van der Waals surface area contributed by atoms with Crippen LogP contribution in [0, 0.1) is 0 Å². The van der Waals surface area contributed by atoms with Crippen LogP contribution in [0.1, 0.15) is 40.7 Å². The average molecular weight is 339 g/mol. The third kappa shape index (κ3) is 3.45. The molecule has 2 aliphatic heterocycles. The second kappa shape index (κ2) is 6.98. The van der Waals surface area contributed by atoms with Crippen molar-refractivity contribution in [3.63, 3.8) is 0 Å². The van der Waals surface area contributed by atoms with Gasteiger partial charge in [-0.05, 0) is 18.9 Å². The van der Waals surface area contributed by atoms with Crippen LogP contribution in [0.15, 0.2) is 30.3 Å². The Labute approximate surface area is 148 Å². The molecule has 1 aromatic heterocycles. The highest BCUT2D eigenvalue weighted by atomic mass is 16.2. The average Bonchev–Trinajstić information content (AvgIpc) is 3.19. The van der Waals surface area contributed by atoms with Crippen LogP contribution in [0.2, 0.25) is 0 Å². The van der Waals surface area contributed by atoms with Crippen molar-refractivity contribution in [1.29, 1.82) is 0 Å². The fraction of sp³-hybridized carbons (Fsp3) is 0.474. The maximum absolute atomic E-state index is 12.7. The topological polar surface area (TPSA) is 73.0 Å². The molecule has 2 unspecified atom stereocenters. The standard InChI is InChI=1S/C19H25N5O/c1-13-9-15(12-24(13)11-14-5-3-2-4-6-14)21-19(25)18-16-10-20-8-7-17(16)22-23-18/h2-6,13,15,20H,7-12H2,1H3,(H,21,25)(H,22,23). The van der Waals surface area contributed by atoms with Crippen LogP contribution in [0.5, 0.6) is 0 Å². The molecular formula is C19H25N5O. The second-order valence-corrected chi connectivity index (χ2v) is 7.13. The Morgan fingerprint density at radius 3 is 3.04 bits per heavy atom. The number of rotatable bonds is 4. The fourth-order valence-corrected chi connectivity index (χ4v) is 3.91. The van der Waals surface area contributed by atoms with E-state index in [1.807, 2.05) is 6.07 Å². The molecular weight excluding hydrogens is 314 g/mol. The van der Waals surface area contributed by atoms with Crippen LogP contribution < -0.4 is 10.6 Å². The summed E-state index contributed by atoms with van der Waals surface area (Å²) in [4.78, 5) is 15.1. The van der Waals surface area contributed by atoms with E-state index in [9.17, 15) is 4.79 Å². The first-order chi connectivity index (χ1) is 12.2. The zero-order valence-electron chi connectivity index (χ0n) is 14.6. The molecule has 3 heterocycles. The summed E-state index contributed by atoms with van der Waals surface area (Å²) in [5, 5.41) is 13.8. The van der Waals surface area contributed by atoms with Gasteiger partial charge >= 0.3 is 0 Å². The monoisotopic (exact) mass is 339 g/mol. The van der Waals surface area contributed by atoms with Crippen molar-refractivity contribution in [2.24, 2.45) is 0 Å². The lowest BCUT2D eigenvalue weighted by atomic mass is 10.1. The lowest BCUT2D eigenvalue weighted by Gasteiger charge is -2.20. The van der Waals surface area contributed by atoms with Gasteiger partial charge in [0, 0.05) is 55.9 Å². The first-order valence-electron chi connectivity index (χ1n) is 9.06. The summed E-state index contributed by atoms with van der Waals surface area (Å²) < 4.78 is 0. The quantitative estimate of drug-likeness (QED) is 0.788. The molecule has 0 bridgehead atoms. The van der Waals surface area contributed by atoms with Crippen molar-refractivity contribution < 1.29 is 4.79 Å². The SMILES string of the molecule is CC1CC(NC(=O)c2n[nH]c3c2CNCC3)CN1Cc1ccccc1. The van der Waals surface area contributed by atoms with Gasteiger partial charge in [0.2, 0.25) is 0 Å². The summed E-state index contributed by atoms with van der Waals surface area (Å²) >= 11 is 0. The molecule has 0 spiro atoms. The number of H-pyrrole nitrogens is 1. The number of carbonyl (C=O) groups excluding carboxylic acids is 1. The Hall–Kier alpha value is -2.18. The van der Waals surface area contributed by atoms with Gasteiger partial charge in [-0.1, -0.05) is 30.3 Å². The van der Waals surface area contributed by atoms with Crippen molar-refractivity contribution >= 4 is 5.91 Å². The number of aromatic nitrogens is 2. The normalized spacial score (nSPS) is 23.4. The summed E-state index contributed by atoms with van der Waals surface area (Å²) in [6.07, 6.45) is 1.88. The third-order valence-electron chi connectivity index (χ3n) is 5.29. The molecule has 25 heavy (non-hydrogen) atoms. The molecule has 2 aromatic rings. The Kier molecular flexibility index (Phi) is 4.55. The molecule has 3 N–H and O–H groups in total. The highest BCUT2D eigenvalue weighted by Crippen LogP contribution is 2.21. The van der Waals surface area contributed by atoms with Crippen LogP contribution in [0.4, 0.5) is 0 Å². The number of fused-ring (bicyclic) bond motifs is 1. The van der Waals surface area contributed by atoms with E-state index in [0.717, 1.165) is 50.3 Å². The predicted octanol–water partition coefficient (Wildman–Crippen LogP) is 1.45. The van der Waals surface area contributed by atoms with E-state index >= 15 is 0 Å². The van der Waals surface area contributed by atoms with Crippen molar-refractivity contribution in [3.8, 4) is 0 Å². The zero-order valence-corrected chi connectivity index (χ0v) is 14.6. The van der Waals surface area contributed by atoms with E-state index in [1.54, 1.807) is 0 Å². The molecule has 0 aliphatic carbocycles. The van der Waals surface area contributed by atoms with E-state index in [-0.39, 0.29) is 11.9 Å². The molecule has 2 atom stereocenters. The highest BCUT2D eigenvalue weighted by molar-refractivity contribution is 5.94. The van der Waals surface area contributed by atoms with E-state index in [4.69, 9.17) is 0 Å². The number of hydrogen-bond acceptors (Lipinski definition) is 4. The van der Waals surface area contributed by atoms with Gasteiger partial charge < -0.3 is 10.6 Å². The van der Waals surface area contributed by atoms with Crippen molar-refractivity contribution in [2.45, 2.75) is 44.9 Å². The minimum atomic E-state index is -0.0556. The molecule has 1 amide bonds. The maximum Gasteiger partial charge on any atom is 0.272 e. The van der Waals surface area contributed by atoms with Crippen molar-refractivity contribution in [2.75, 3.05) is 13.1 Å². The second-order valence-electron chi connectivity index (χ2n) is 7.13. The summed E-state index contributed by atoms with van der Waals surface area (Å²) in [6.45, 7) is 5.69. The molecule has 0 saturated carbocycles. The number of carbonyl (C=O) groups is 1. The van der Waals surface area contributed by atoms with Crippen LogP contribution in [0.3, 0.4) is 0 Å². The molecule has 0 radical (unpaired) electrons. The predicted molar refractivity (Wildman–Crippen MR) is 96.2 cm³/mol. The van der Waals surface area contributed by atoms with Gasteiger partial charge in [0.1, 0.15) is 0 Å². The Morgan fingerprint density at radius 2 is 2.20 bits per heavy atom. The fourth-order valence-electron chi connectivity index (χ4n) is 3.91. The van der Waals surface area contributed by atoms with Gasteiger partial charge in [0.05, 0.1) is 0 Å². The smallest absolute Gasteiger partial charge is 0.272 e. The number of nitrogens with zero attached hydrogens (tertiary/aromatic N) is 2. The lowest BCUT2D eigenvalue weighted by molar-refractivity contribution is 0.0931. The number of nitrogens with one attached hydrogen (secondary N) is 3. The first-order valence-corrected chi connectivity index (χ1v) is 9.06. The molecule has 6 nitrogen and oxygen atoms in total. The highest BCUT2D eigenvalue weighted by Gasteiger charge is 2.31. The summed E-state index contributed by atoms with van der Waals surface area (Å²) in [5.74, 6) is -0.0556. The summed E-state index contributed by atoms with van der Waals surface area (Å²) in [7, 11) is 0. The van der Waals surface area contributed by atoms with Crippen LogP contribution in [0.25, 0.3) is 0 Å². The van der Waals surface area contributed by atoms with E-state index in [1.165, 1.54) is 5.56 Å². The maximum atomic E-state index is 12.7. The Morgan fingerprint density at radius 1 is 1.36 bits per heavy atom. The van der Waals surface area contributed by atoms with Gasteiger partial charge in [0.15, 0.2) is 5.69 Å². The lowest BCUT2D eigenvalue weighted by Crippen LogP contribution is -2.38. The van der Waals surface area contributed by atoms with Gasteiger partial charge in [-0.2, -0.15) is 5.10 Å². The molecule has 1 fully saturated rings. The van der Waals surface area contributed by atoms with Crippen LogP contribution in [-0.2, 0) is 19.5 Å². The van der Waals surface area contributed by atoms with Crippen molar-refractivity contribution in [1.82, 2.24) is 25.7 Å². The van der Waals surface area contributed by atoms with Gasteiger partial charge in [-0.3, -0.25) is 14.8 Å². The van der Waals surface area contributed by atoms with Gasteiger partial charge in [-0.15, -0.1) is 0 Å². The number of benzene rings is 1. The Balaban J connectivity index is 1.38. The number of hydrogen-bond donors (Lipinski definition) is 3. The molecule has 1 saturated heterocycles. The molecule has 4 rings (SSSR count). The molecule has 132 valence electrons.